The highest BCUT2D eigenvalue weighted by Crippen LogP contribution is 2.36. The van der Waals surface area contributed by atoms with Crippen molar-refractivity contribution in [3.8, 4) is 5.69 Å². The van der Waals surface area contributed by atoms with E-state index in [2.05, 4.69) is 15.6 Å². The van der Waals surface area contributed by atoms with Crippen LogP contribution in [-0.2, 0) is 4.79 Å². The monoisotopic (exact) mass is 350 g/mol. The van der Waals surface area contributed by atoms with Gasteiger partial charge in [-0.15, -0.1) is 5.10 Å². The van der Waals surface area contributed by atoms with Gasteiger partial charge in [0.05, 0.1) is 11.9 Å². The highest BCUT2D eigenvalue weighted by Gasteiger charge is 2.37. The Hall–Kier alpha value is -2.84. The number of halogens is 2. The lowest BCUT2D eigenvalue weighted by atomic mass is 9.86. The molecule has 0 spiro atoms. The molecule has 3 rings (SSSR count). The van der Waals surface area contributed by atoms with Crippen LogP contribution in [0.5, 0.6) is 0 Å². The van der Waals surface area contributed by atoms with Crippen molar-refractivity contribution in [1.82, 2.24) is 15.0 Å². The van der Waals surface area contributed by atoms with Gasteiger partial charge in [0.1, 0.15) is 0 Å². The van der Waals surface area contributed by atoms with Crippen LogP contribution in [0.15, 0.2) is 30.5 Å². The van der Waals surface area contributed by atoms with E-state index >= 15 is 0 Å². The number of anilines is 1. The summed E-state index contributed by atoms with van der Waals surface area (Å²) < 4.78 is 27.6. The molecule has 0 saturated heterocycles. The molecule has 0 bridgehead atoms. The van der Waals surface area contributed by atoms with Crippen molar-refractivity contribution in [3.05, 3.63) is 36.2 Å². The lowest BCUT2D eigenvalue weighted by molar-refractivity contribution is -0.124. The highest BCUT2D eigenvalue weighted by molar-refractivity contribution is 5.92. The smallest absolute Gasteiger partial charge is 0.358 e. The van der Waals surface area contributed by atoms with E-state index in [1.807, 2.05) is 0 Å². The van der Waals surface area contributed by atoms with Gasteiger partial charge in [0.15, 0.2) is 5.69 Å². The number of amides is 1. The molecule has 0 aliphatic heterocycles. The quantitative estimate of drug-likeness (QED) is 0.884. The lowest BCUT2D eigenvalue weighted by Crippen LogP contribution is -2.31. The zero-order valence-corrected chi connectivity index (χ0v) is 13.2. The molecule has 1 amide bonds. The minimum absolute atomic E-state index is 0.156. The molecule has 1 fully saturated rings. The van der Waals surface area contributed by atoms with Gasteiger partial charge in [-0.05, 0) is 31.0 Å². The van der Waals surface area contributed by atoms with Gasteiger partial charge in [-0.2, -0.15) is 0 Å². The van der Waals surface area contributed by atoms with Gasteiger partial charge >= 0.3 is 5.97 Å². The molecule has 1 saturated carbocycles. The predicted octanol–water partition coefficient (Wildman–Crippen LogP) is 2.73. The van der Waals surface area contributed by atoms with Crippen LogP contribution in [0, 0.1) is 5.92 Å². The molecular weight excluding hydrogens is 334 g/mol. The van der Waals surface area contributed by atoms with Gasteiger partial charge < -0.3 is 10.4 Å². The van der Waals surface area contributed by atoms with Gasteiger partial charge in [-0.25, -0.2) is 18.3 Å². The number of hydrogen-bond donors (Lipinski definition) is 2. The van der Waals surface area contributed by atoms with E-state index in [9.17, 15) is 18.4 Å². The second-order valence-corrected chi connectivity index (χ2v) is 6.02. The molecule has 9 heteroatoms. The molecule has 1 aromatic carbocycles. The molecular formula is C16H16F2N4O3. The lowest BCUT2D eigenvalue weighted by Gasteiger charge is -2.27. The number of carboxylic acids is 1. The van der Waals surface area contributed by atoms with Crippen molar-refractivity contribution in [2.45, 2.75) is 31.6 Å². The Balaban J connectivity index is 1.69. The first kappa shape index (κ1) is 17.0. The summed E-state index contributed by atoms with van der Waals surface area (Å²) in [5.74, 6) is -4.60. The largest absolute Gasteiger partial charge is 0.476 e. The molecule has 25 heavy (non-hydrogen) atoms. The number of aromatic nitrogens is 3. The van der Waals surface area contributed by atoms with Gasteiger partial charge in [0.25, 0.3) is 0 Å². The van der Waals surface area contributed by atoms with E-state index in [0.717, 1.165) is 0 Å². The molecule has 132 valence electrons. The number of nitrogens with one attached hydrogen (secondary N) is 1. The molecule has 1 aliphatic rings. The zero-order chi connectivity index (χ0) is 18.0. The number of hydrogen-bond acceptors (Lipinski definition) is 4. The summed E-state index contributed by atoms with van der Waals surface area (Å²) in [6.07, 6.45) is 1.02. The van der Waals surface area contributed by atoms with E-state index in [4.69, 9.17) is 5.11 Å². The summed E-state index contributed by atoms with van der Waals surface area (Å²) in [7, 11) is 0. The third kappa shape index (κ3) is 3.98. The van der Waals surface area contributed by atoms with Crippen LogP contribution in [0.2, 0.25) is 0 Å². The van der Waals surface area contributed by atoms with E-state index in [-0.39, 0.29) is 37.3 Å². The Labute approximate surface area is 141 Å². The van der Waals surface area contributed by atoms with Crippen LogP contribution in [0.4, 0.5) is 14.5 Å². The average molecular weight is 350 g/mol. The number of nitrogens with zero attached hydrogens (tertiary/aromatic N) is 3. The predicted molar refractivity (Wildman–Crippen MR) is 83.9 cm³/mol. The van der Waals surface area contributed by atoms with E-state index in [1.165, 1.54) is 10.9 Å². The fourth-order valence-electron chi connectivity index (χ4n) is 2.76. The molecule has 0 radical (unpaired) electrons. The van der Waals surface area contributed by atoms with Crippen molar-refractivity contribution >= 4 is 17.6 Å². The standard InChI is InChI=1S/C16H16F2N4O3/c17-16(18)6-4-10(5-7-16)14(23)19-11-2-1-3-12(8-11)22-9-13(15(24)25)20-21-22/h1-3,8-10H,4-7H2,(H,19,23)(H,24,25). The minimum atomic E-state index is -2.67. The third-order valence-corrected chi connectivity index (χ3v) is 4.18. The van der Waals surface area contributed by atoms with Crippen molar-refractivity contribution < 1.29 is 23.5 Å². The Morgan fingerprint density at radius 3 is 2.64 bits per heavy atom. The Morgan fingerprint density at radius 1 is 1.28 bits per heavy atom. The van der Waals surface area contributed by atoms with Crippen LogP contribution in [-0.4, -0.2) is 37.9 Å². The van der Waals surface area contributed by atoms with Gasteiger partial charge in [0, 0.05) is 24.4 Å². The number of alkyl halides is 2. The molecule has 2 aromatic rings. The Kier molecular flexibility index (Phi) is 4.47. The molecule has 1 aromatic heterocycles. The minimum Gasteiger partial charge on any atom is -0.476 e. The Morgan fingerprint density at radius 2 is 2.00 bits per heavy atom. The molecule has 0 atom stereocenters. The number of carbonyl (C=O) groups is 2. The summed E-state index contributed by atoms with van der Waals surface area (Å²) in [5, 5.41) is 18.8. The number of aromatic carboxylic acids is 1. The van der Waals surface area contributed by atoms with E-state index in [0.29, 0.717) is 11.4 Å². The van der Waals surface area contributed by atoms with Crippen LogP contribution >= 0.6 is 0 Å². The molecule has 7 nitrogen and oxygen atoms in total. The number of benzene rings is 1. The number of carboxylic acid groups (broad SMARTS) is 1. The fourth-order valence-corrected chi connectivity index (χ4v) is 2.76. The molecule has 1 aliphatic carbocycles. The summed E-state index contributed by atoms with van der Waals surface area (Å²) in [6.45, 7) is 0. The van der Waals surface area contributed by atoms with Crippen LogP contribution in [0.1, 0.15) is 36.2 Å². The summed E-state index contributed by atoms with van der Waals surface area (Å²) in [4.78, 5) is 23.1. The molecule has 1 heterocycles. The summed E-state index contributed by atoms with van der Waals surface area (Å²) >= 11 is 0. The van der Waals surface area contributed by atoms with Crippen LogP contribution in [0.25, 0.3) is 5.69 Å². The second kappa shape index (κ2) is 6.58. The summed E-state index contributed by atoms with van der Waals surface area (Å²) in [6, 6.07) is 6.61. The van der Waals surface area contributed by atoms with Crippen LogP contribution < -0.4 is 5.32 Å². The maximum Gasteiger partial charge on any atom is 0.358 e. The fraction of sp³-hybridized carbons (Fsp3) is 0.375. The molecule has 2 N–H and O–H groups in total. The van der Waals surface area contributed by atoms with Gasteiger partial charge in [-0.1, -0.05) is 11.3 Å². The maximum absolute atomic E-state index is 13.2. The van der Waals surface area contributed by atoms with Gasteiger partial charge in [-0.3, -0.25) is 4.79 Å². The zero-order valence-electron chi connectivity index (χ0n) is 13.2. The SMILES string of the molecule is O=C(O)c1cn(-c2cccc(NC(=O)C3CCC(F)(F)CC3)c2)nn1. The molecule has 0 unspecified atom stereocenters. The first-order valence-corrected chi connectivity index (χ1v) is 7.79. The van der Waals surface area contributed by atoms with E-state index in [1.54, 1.807) is 24.3 Å². The first-order valence-electron chi connectivity index (χ1n) is 7.79. The van der Waals surface area contributed by atoms with Crippen molar-refractivity contribution in [2.75, 3.05) is 5.32 Å². The van der Waals surface area contributed by atoms with Crippen molar-refractivity contribution in [1.29, 1.82) is 0 Å². The maximum atomic E-state index is 13.2. The number of carbonyl (C=O) groups excluding carboxylic acids is 1. The summed E-state index contributed by atoms with van der Waals surface area (Å²) in [5.41, 5.74) is 0.803. The average Bonchev–Trinajstić information content (AvgIpc) is 3.05. The first-order chi connectivity index (χ1) is 11.8. The topological polar surface area (TPSA) is 97.1 Å². The van der Waals surface area contributed by atoms with Gasteiger partial charge in [0.2, 0.25) is 11.8 Å². The number of rotatable bonds is 4. The Bertz CT molecular complexity index is 796. The van der Waals surface area contributed by atoms with Crippen molar-refractivity contribution in [2.24, 2.45) is 5.92 Å². The van der Waals surface area contributed by atoms with E-state index < -0.39 is 17.8 Å². The van der Waals surface area contributed by atoms with Crippen molar-refractivity contribution in [3.63, 3.8) is 0 Å². The third-order valence-electron chi connectivity index (χ3n) is 4.18. The highest BCUT2D eigenvalue weighted by atomic mass is 19.3. The normalized spacial score (nSPS) is 17.2. The van der Waals surface area contributed by atoms with Crippen LogP contribution in [0.3, 0.4) is 0 Å². The second-order valence-electron chi connectivity index (χ2n) is 6.02.